The molecule has 18 heavy (non-hydrogen) atoms. The first-order valence-corrected chi connectivity index (χ1v) is 7.70. The minimum absolute atomic E-state index is 0.147. The zero-order chi connectivity index (χ0) is 12.5. The third-order valence-electron chi connectivity index (χ3n) is 3.12. The summed E-state index contributed by atoms with van der Waals surface area (Å²) >= 11 is 0.248. The summed E-state index contributed by atoms with van der Waals surface area (Å²) in [6, 6.07) is 18.4. The van der Waals surface area contributed by atoms with E-state index >= 15 is 0 Å². The maximum absolute atomic E-state index is 12.1. The van der Waals surface area contributed by atoms with Crippen LogP contribution in [0.2, 0.25) is 0 Å². The summed E-state index contributed by atoms with van der Waals surface area (Å²) in [5.74, 6) is 0.147. The van der Waals surface area contributed by atoms with Gasteiger partial charge in [0.15, 0.2) is 0 Å². The van der Waals surface area contributed by atoms with Gasteiger partial charge in [-0.25, -0.2) is 0 Å². The summed E-state index contributed by atoms with van der Waals surface area (Å²) in [5, 5.41) is 0. The van der Waals surface area contributed by atoms with Crippen LogP contribution in [-0.2, 0) is 0 Å². The number of rotatable bonds is 2. The van der Waals surface area contributed by atoms with E-state index in [1.165, 1.54) is 10.0 Å². The molecule has 1 unspecified atom stereocenters. The van der Waals surface area contributed by atoms with Gasteiger partial charge in [-0.05, 0) is 0 Å². The Kier molecular flexibility index (Phi) is 2.94. The van der Waals surface area contributed by atoms with E-state index in [0.29, 0.717) is 0 Å². The van der Waals surface area contributed by atoms with Crippen LogP contribution in [0, 0.1) is 0 Å². The van der Waals surface area contributed by atoms with Crippen LogP contribution in [-0.4, -0.2) is 32.8 Å². The molecule has 0 bridgehead atoms. The Labute approximate surface area is 113 Å². The fraction of sp³-hybridized carbons (Fsp3) is 0.133. The molecule has 90 valence electrons. The van der Waals surface area contributed by atoms with E-state index < -0.39 is 0 Å². The number of hydrogen-bond acceptors (Lipinski definition) is 1. The summed E-state index contributed by atoms with van der Waals surface area (Å²) < 4.78 is 1.33. The Morgan fingerprint density at radius 2 is 1.67 bits per heavy atom. The molecule has 2 nitrogen and oxygen atoms in total. The molecule has 0 aliphatic carbocycles. The molecule has 1 amide bonds. The van der Waals surface area contributed by atoms with Crippen molar-refractivity contribution < 1.29 is 4.79 Å². The molecule has 0 N–H and O–H groups in total. The van der Waals surface area contributed by atoms with Crippen molar-refractivity contribution in [3.63, 3.8) is 0 Å². The van der Waals surface area contributed by atoms with Crippen molar-refractivity contribution in [1.82, 2.24) is 4.90 Å². The first-order valence-electron chi connectivity index (χ1n) is 5.85. The predicted octanol–water partition coefficient (Wildman–Crippen LogP) is 1.80. The second kappa shape index (κ2) is 4.60. The van der Waals surface area contributed by atoms with Crippen LogP contribution in [0.1, 0.15) is 20.9 Å². The van der Waals surface area contributed by atoms with Crippen molar-refractivity contribution in [2.75, 3.05) is 7.05 Å². The Bertz CT molecular complexity index is 582. The number of carbonyl (C=O) groups excluding carboxylic acids is 1. The molecule has 1 aliphatic rings. The van der Waals surface area contributed by atoms with Crippen molar-refractivity contribution in [2.45, 2.75) is 4.94 Å². The first-order chi connectivity index (χ1) is 8.77. The van der Waals surface area contributed by atoms with Crippen molar-refractivity contribution in [1.29, 1.82) is 0 Å². The first kappa shape index (κ1) is 11.5. The van der Waals surface area contributed by atoms with Gasteiger partial charge in [-0.3, -0.25) is 0 Å². The molecule has 3 rings (SSSR count). The van der Waals surface area contributed by atoms with Crippen LogP contribution in [0.15, 0.2) is 54.6 Å². The molecule has 0 aromatic heterocycles. The molecule has 0 spiro atoms. The van der Waals surface area contributed by atoms with E-state index in [2.05, 4.69) is 30.3 Å². The molecule has 1 aliphatic heterocycles. The van der Waals surface area contributed by atoms with Crippen molar-refractivity contribution in [3.8, 4) is 0 Å². The van der Waals surface area contributed by atoms with Gasteiger partial charge in [0.25, 0.3) is 0 Å². The Morgan fingerprint density at radius 3 is 2.44 bits per heavy atom. The molecule has 2 aromatic rings. The summed E-state index contributed by atoms with van der Waals surface area (Å²) in [4.78, 5) is 14.2. The second-order valence-corrected chi connectivity index (χ2v) is 6.71. The Hall–Kier alpha value is -1.57. The number of nitrogens with zero attached hydrogens (tertiary/aromatic N) is 1. The average molecular weight is 302 g/mol. The molecular weight excluding hydrogens is 289 g/mol. The topological polar surface area (TPSA) is 20.3 Å². The summed E-state index contributed by atoms with van der Waals surface area (Å²) in [6.07, 6.45) is 0. The van der Waals surface area contributed by atoms with E-state index in [-0.39, 0.29) is 25.8 Å². The predicted molar refractivity (Wildman–Crippen MR) is 73.1 cm³/mol. The fourth-order valence-corrected chi connectivity index (χ4v) is 4.61. The van der Waals surface area contributed by atoms with Crippen LogP contribution in [0.25, 0.3) is 0 Å². The van der Waals surface area contributed by atoms with Crippen LogP contribution in [0.3, 0.4) is 0 Å². The zero-order valence-corrected chi connectivity index (χ0v) is 11.8. The summed E-state index contributed by atoms with van der Waals surface area (Å²) in [5.41, 5.74) is 2.04. The maximum atomic E-state index is 12.1. The molecule has 2 aromatic carbocycles. The molecule has 0 fully saturated rings. The molecule has 1 heterocycles. The van der Waals surface area contributed by atoms with Crippen LogP contribution in [0.4, 0.5) is 0 Å². The quantitative estimate of drug-likeness (QED) is 0.775. The van der Waals surface area contributed by atoms with Crippen LogP contribution < -0.4 is 4.46 Å². The molecule has 3 heteroatoms. The average Bonchev–Trinajstić information content (AvgIpc) is 2.66. The van der Waals surface area contributed by atoms with E-state index in [9.17, 15) is 4.79 Å². The van der Waals surface area contributed by atoms with Gasteiger partial charge >= 0.3 is 113 Å². The normalized spacial score (nSPS) is 17.9. The monoisotopic (exact) mass is 303 g/mol. The molecular formula is C15H13NOSe. The van der Waals surface area contributed by atoms with Gasteiger partial charge in [-0.2, -0.15) is 0 Å². The Morgan fingerprint density at radius 1 is 1.00 bits per heavy atom. The van der Waals surface area contributed by atoms with E-state index in [1.807, 2.05) is 36.2 Å². The van der Waals surface area contributed by atoms with Crippen molar-refractivity contribution in [3.05, 3.63) is 65.7 Å². The Balaban J connectivity index is 1.96. The van der Waals surface area contributed by atoms with E-state index in [4.69, 9.17) is 0 Å². The number of benzene rings is 2. The van der Waals surface area contributed by atoms with Gasteiger partial charge in [-0.15, -0.1) is 0 Å². The van der Waals surface area contributed by atoms with E-state index in [0.717, 1.165) is 5.56 Å². The molecule has 0 radical (unpaired) electrons. The van der Waals surface area contributed by atoms with Crippen LogP contribution in [0.5, 0.6) is 0 Å². The minimum atomic E-state index is 0.147. The zero-order valence-electron chi connectivity index (χ0n) is 10.0. The van der Waals surface area contributed by atoms with Gasteiger partial charge in [-0.1, -0.05) is 0 Å². The van der Waals surface area contributed by atoms with Gasteiger partial charge in [0.2, 0.25) is 0 Å². The SMILES string of the molecule is CN1C(=O)c2ccccc2C1[Se]c1ccccc1. The molecule has 1 atom stereocenters. The van der Waals surface area contributed by atoms with Gasteiger partial charge in [0.05, 0.1) is 0 Å². The summed E-state index contributed by atoms with van der Waals surface area (Å²) in [7, 11) is 1.90. The molecule has 0 saturated carbocycles. The number of hydrogen-bond donors (Lipinski definition) is 0. The standard InChI is InChI=1S/C15H13NOSe/c1-16-14(17)12-9-5-6-10-13(12)15(16)18-11-7-3-2-4-8-11/h2-10,15H,1H3. The number of carbonyl (C=O) groups is 1. The molecule has 0 saturated heterocycles. The van der Waals surface area contributed by atoms with Crippen molar-refractivity contribution >= 4 is 25.3 Å². The van der Waals surface area contributed by atoms with Crippen LogP contribution >= 0.6 is 0 Å². The van der Waals surface area contributed by atoms with Gasteiger partial charge in [0, 0.05) is 0 Å². The van der Waals surface area contributed by atoms with Gasteiger partial charge < -0.3 is 0 Å². The van der Waals surface area contributed by atoms with E-state index in [1.54, 1.807) is 0 Å². The number of amides is 1. The fourth-order valence-electron chi connectivity index (χ4n) is 2.18. The summed E-state index contributed by atoms with van der Waals surface area (Å²) in [6.45, 7) is 0. The van der Waals surface area contributed by atoms with Gasteiger partial charge in [0.1, 0.15) is 0 Å². The second-order valence-electron chi connectivity index (χ2n) is 4.29. The third-order valence-corrected chi connectivity index (χ3v) is 5.93. The number of fused-ring (bicyclic) bond motifs is 1. The van der Waals surface area contributed by atoms with Crippen molar-refractivity contribution in [2.24, 2.45) is 0 Å². The third kappa shape index (κ3) is 1.86.